The van der Waals surface area contributed by atoms with E-state index in [9.17, 15) is 5.11 Å². The van der Waals surface area contributed by atoms with E-state index in [-0.39, 0.29) is 0 Å². The van der Waals surface area contributed by atoms with Crippen LogP contribution in [-0.2, 0) is 12.0 Å². The summed E-state index contributed by atoms with van der Waals surface area (Å²) in [6, 6.07) is 12.2. The maximum Gasteiger partial charge on any atom is 0.112 e. The molecule has 2 rings (SSSR count). The van der Waals surface area contributed by atoms with Crippen LogP contribution in [0.25, 0.3) is 6.08 Å². The summed E-state index contributed by atoms with van der Waals surface area (Å²) in [5.41, 5.74) is 8.33. The Balaban J connectivity index is 2.55. The molecule has 1 unspecified atom stereocenters. The molecule has 0 aliphatic rings. The Morgan fingerprint density at radius 2 is 1.73 bits per heavy atom. The molecule has 1 heteroatoms. The van der Waals surface area contributed by atoms with Gasteiger partial charge in [0.05, 0.1) is 0 Å². The number of rotatable bonds is 4. The van der Waals surface area contributed by atoms with Crippen LogP contribution in [0, 0.1) is 13.8 Å². The van der Waals surface area contributed by atoms with Crippen molar-refractivity contribution in [1.29, 1.82) is 0 Å². The number of benzene rings is 2. The lowest BCUT2D eigenvalue weighted by Crippen LogP contribution is -2.23. The molecular weight excluding hydrogens is 268 g/mol. The molecule has 2 aromatic rings. The van der Waals surface area contributed by atoms with Crippen molar-refractivity contribution in [1.82, 2.24) is 0 Å². The molecule has 0 heterocycles. The molecule has 0 saturated carbocycles. The molecule has 0 fully saturated rings. The molecule has 1 nitrogen and oxygen atoms in total. The predicted molar refractivity (Wildman–Crippen MR) is 94.0 cm³/mol. The van der Waals surface area contributed by atoms with Crippen molar-refractivity contribution in [2.24, 2.45) is 0 Å². The molecule has 0 aliphatic heterocycles. The van der Waals surface area contributed by atoms with Gasteiger partial charge in [0.15, 0.2) is 0 Å². The highest BCUT2D eigenvalue weighted by Crippen LogP contribution is 2.32. The van der Waals surface area contributed by atoms with Crippen molar-refractivity contribution in [3.05, 3.63) is 82.1 Å². The summed E-state index contributed by atoms with van der Waals surface area (Å²) in [4.78, 5) is 0. The van der Waals surface area contributed by atoms with E-state index in [1.54, 1.807) is 0 Å². The fraction of sp³-hybridized carbons (Fsp3) is 0.286. The quantitative estimate of drug-likeness (QED) is 0.793. The molecule has 114 valence electrons. The lowest BCUT2D eigenvalue weighted by atomic mass is 9.85. The van der Waals surface area contributed by atoms with E-state index in [1.165, 1.54) is 16.7 Å². The number of hydrogen-bond acceptors (Lipinski definition) is 1. The van der Waals surface area contributed by atoms with Crippen LogP contribution in [0.4, 0.5) is 0 Å². The van der Waals surface area contributed by atoms with Gasteiger partial charge >= 0.3 is 0 Å². The zero-order chi connectivity index (χ0) is 16.3. The zero-order valence-electron chi connectivity index (χ0n) is 13.9. The van der Waals surface area contributed by atoms with Gasteiger partial charge in [-0.1, -0.05) is 43.8 Å². The molecule has 0 spiro atoms. The Morgan fingerprint density at radius 3 is 2.32 bits per heavy atom. The van der Waals surface area contributed by atoms with E-state index in [2.05, 4.69) is 51.3 Å². The van der Waals surface area contributed by atoms with Crippen molar-refractivity contribution in [2.45, 2.75) is 39.7 Å². The van der Waals surface area contributed by atoms with Crippen molar-refractivity contribution >= 4 is 6.08 Å². The summed E-state index contributed by atoms with van der Waals surface area (Å²) >= 11 is 0. The van der Waals surface area contributed by atoms with Gasteiger partial charge in [0.2, 0.25) is 0 Å². The lowest BCUT2D eigenvalue weighted by molar-refractivity contribution is 0.102. The summed E-state index contributed by atoms with van der Waals surface area (Å²) in [6.07, 6.45) is 2.82. The second-order valence-electron chi connectivity index (χ2n) is 5.99. The van der Waals surface area contributed by atoms with Crippen molar-refractivity contribution < 1.29 is 5.11 Å². The second-order valence-corrected chi connectivity index (χ2v) is 5.99. The number of aryl methyl sites for hydroxylation is 3. The average molecular weight is 292 g/mol. The number of aliphatic hydroxyl groups is 1. The Hall–Kier alpha value is -2.08. The van der Waals surface area contributed by atoms with Gasteiger partial charge in [-0.15, -0.1) is 5.73 Å². The third kappa shape index (κ3) is 3.06. The minimum atomic E-state index is -1.02. The maximum absolute atomic E-state index is 11.1. The molecule has 1 atom stereocenters. The smallest absolute Gasteiger partial charge is 0.112 e. The first-order valence-electron chi connectivity index (χ1n) is 7.69. The first-order valence-corrected chi connectivity index (χ1v) is 7.69. The largest absolute Gasteiger partial charge is 0.381 e. The summed E-state index contributed by atoms with van der Waals surface area (Å²) in [6.45, 7) is 11.8. The normalized spacial score (nSPS) is 13.3. The van der Waals surface area contributed by atoms with E-state index in [0.29, 0.717) is 0 Å². The third-order valence-corrected chi connectivity index (χ3v) is 4.42. The van der Waals surface area contributed by atoms with Crippen LogP contribution < -0.4 is 0 Å². The van der Waals surface area contributed by atoms with Gasteiger partial charge in [0.25, 0.3) is 0 Å². The minimum Gasteiger partial charge on any atom is -0.381 e. The van der Waals surface area contributed by atoms with Crippen LogP contribution in [0.2, 0.25) is 0 Å². The van der Waals surface area contributed by atoms with Crippen LogP contribution in [0.5, 0.6) is 0 Å². The van der Waals surface area contributed by atoms with E-state index in [4.69, 9.17) is 0 Å². The maximum atomic E-state index is 11.1. The van der Waals surface area contributed by atoms with E-state index in [0.717, 1.165) is 23.1 Å². The van der Waals surface area contributed by atoms with Crippen LogP contribution in [0.1, 0.15) is 47.2 Å². The Bertz CT molecular complexity index is 732. The average Bonchev–Trinajstić information content (AvgIpc) is 2.50. The van der Waals surface area contributed by atoms with Gasteiger partial charge in [0, 0.05) is 0 Å². The third-order valence-electron chi connectivity index (χ3n) is 4.42. The highest BCUT2D eigenvalue weighted by Gasteiger charge is 2.26. The molecule has 0 aliphatic carbocycles. The molecule has 2 aromatic carbocycles. The molecule has 0 amide bonds. The van der Waals surface area contributed by atoms with E-state index >= 15 is 0 Å². The highest BCUT2D eigenvalue weighted by molar-refractivity contribution is 5.56. The monoisotopic (exact) mass is 292 g/mol. The SMILES string of the molecule is C=C=Cc1cc(C(C)(O)c2ccc(C)c(C)c2)ccc1CC. The predicted octanol–water partition coefficient (Wildman–Crippen LogP) is 4.92. The van der Waals surface area contributed by atoms with Crippen molar-refractivity contribution in [3.63, 3.8) is 0 Å². The van der Waals surface area contributed by atoms with Crippen LogP contribution in [0.3, 0.4) is 0 Å². The molecule has 0 saturated heterocycles. The Morgan fingerprint density at radius 1 is 1.09 bits per heavy atom. The Labute approximate surface area is 133 Å². The summed E-state index contributed by atoms with van der Waals surface area (Å²) < 4.78 is 0. The van der Waals surface area contributed by atoms with Crippen molar-refractivity contribution in [3.8, 4) is 0 Å². The van der Waals surface area contributed by atoms with Gasteiger partial charge in [-0.25, -0.2) is 0 Å². The van der Waals surface area contributed by atoms with Gasteiger partial charge in [0.1, 0.15) is 5.60 Å². The summed E-state index contributed by atoms with van der Waals surface area (Å²) in [5.74, 6) is 0. The summed E-state index contributed by atoms with van der Waals surface area (Å²) in [5, 5.41) is 11.1. The second kappa shape index (κ2) is 6.36. The topological polar surface area (TPSA) is 20.2 Å². The molecular formula is C21H24O. The van der Waals surface area contributed by atoms with Crippen LogP contribution in [-0.4, -0.2) is 5.11 Å². The number of hydrogen-bond donors (Lipinski definition) is 1. The van der Waals surface area contributed by atoms with Crippen molar-refractivity contribution in [2.75, 3.05) is 0 Å². The van der Waals surface area contributed by atoms with Gasteiger partial charge in [-0.05, 0) is 72.7 Å². The standard InChI is InChI=1S/C21H24O/c1-6-8-18-14-20(12-10-17(18)7-2)21(5,22)19-11-9-15(3)16(4)13-19/h8-14,22H,1,7H2,2-5H3. The fourth-order valence-corrected chi connectivity index (χ4v) is 2.67. The molecule has 1 N–H and O–H groups in total. The van der Waals surface area contributed by atoms with E-state index in [1.807, 2.05) is 31.2 Å². The molecule has 0 aromatic heterocycles. The van der Waals surface area contributed by atoms with Crippen LogP contribution in [0.15, 0.2) is 48.7 Å². The first-order chi connectivity index (χ1) is 10.4. The fourth-order valence-electron chi connectivity index (χ4n) is 2.67. The lowest BCUT2D eigenvalue weighted by Gasteiger charge is -2.26. The van der Waals surface area contributed by atoms with E-state index < -0.39 is 5.60 Å². The Kier molecular flexibility index (Phi) is 4.71. The molecule has 0 radical (unpaired) electrons. The zero-order valence-corrected chi connectivity index (χ0v) is 13.9. The van der Waals surface area contributed by atoms with Gasteiger partial charge in [-0.3, -0.25) is 0 Å². The van der Waals surface area contributed by atoms with Gasteiger partial charge in [-0.2, -0.15) is 0 Å². The minimum absolute atomic E-state index is 0.884. The highest BCUT2D eigenvalue weighted by atomic mass is 16.3. The van der Waals surface area contributed by atoms with Gasteiger partial charge < -0.3 is 5.11 Å². The summed E-state index contributed by atoms with van der Waals surface area (Å²) in [7, 11) is 0. The molecule has 22 heavy (non-hydrogen) atoms. The van der Waals surface area contributed by atoms with Crippen LogP contribution >= 0.6 is 0 Å². The first kappa shape index (κ1) is 16.3. The molecule has 0 bridgehead atoms.